The maximum absolute atomic E-state index is 13.9. The fraction of sp³-hybridized carbons (Fsp3) is 0.0588. The highest BCUT2D eigenvalue weighted by Crippen LogP contribution is 2.34. The molecule has 0 aromatic carbocycles. The first-order valence-electron chi connectivity index (χ1n) is 7.65. The molecule has 7 nitrogen and oxygen atoms in total. The molecule has 0 spiro atoms. The molecule has 8 heteroatoms. The number of hydrogen-bond donors (Lipinski definition) is 1. The molecule has 5 aromatic heterocycles. The molecular formula is C17H12FN7. The van der Waals surface area contributed by atoms with Crippen molar-refractivity contribution in [3.05, 3.63) is 55.4 Å². The van der Waals surface area contributed by atoms with Crippen LogP contribution in [0.25, 0.3) is 39.1 Å². The molecular weight excluding hydrogens is 321 g/mol. The van der Waals surface area contributed by atoms with Gasteiger partial charge in [-0.05, 0) is 12.1 Å². The van der Waals surface area contributed by atoms with Gasteiger partial charge < -0.3 is 4.98 Å². The van der Waals surface area contributed by atoms with Gasteiger partial charge in [0.05, 0.1) is 23.5 Å². The Hall–Kier alpha value is -3.55. The zero-order valence-electron chi connectivity index (χ0n) is 13.2. The summed E-state index contributed by atoms with van der Waals surface area (Å²) in [6.45, 7) is 0. The molecule has 0 fully saturated rings. The van der Waals surface area contributed by atoms with Gasteiger partial charge in [0, 0.05) is 42.3 Å². The molecule has 0 saturated heterocycles. The third-order valence-electron chi connectivity index (χ3n) is 4.22. The second-order valence-corrected chi connectivity index (χ2v) is 5.78. The molecule has 0 aliphatic heterocycles. The van der Waals surface area contributed by atoms with Crippen LogP contribution in [-0.2, 0) is 7.05 Å². The third kappa shape index (κ3) is 2.04. The SMILES string of the molecule is Cn1cc(-c2ncnc3[nH]cc(-c4ccc5ncc(F)n5c4)c23)cn1. The van der Waals surface area contributed by atoms with Gasteiger partial charge in [-0.3, -0.25) is 9.08 Å². The summed E-state index contributed by atoms with van der Waals surface area (Å²) in [5.41, 5.74) is 4.69. The number of rotatable bonds is 2. The van der Waals surface area contributed by atoms with E-state index in [4.69, 9.17) is 0 Å². The molecule has 0 bridgehead atoms. The second kappa shape index (κ2) is 4.97. The monoisotopic (exact) mass is 333 g/mol. The van der Waals surface area contributed by atoms with Gasteiger partial charge in [-0.2, -0.15) is 9.49 Å². The van der Waals surface area contributed by atoms with Crippen molar-refractivity contribution in [3.63, 3.8) is 0 Å². The van der Waals surface area contributed by atoms with Gasteiger partial charge in [-0.25, -0.2) is 15.0 Å². The molecule has 1 N–H and O–H groups in total. The first kappa shape index (κ1) is 13.8. The largest absolute Gasteiger partial charge is 0.345 e. The van der Waals surface area contributed by atoms with Crippen LogP contribution in [0, 0.1) is 5.95 Å². The summed E-state index contributed by atoms with van der Waals surface area (Å²) in [6.07, 6.45) is 9.96. The smallest absolute Gasteiger partial charge is 0.217 e. The van der Waals surface area contributed by atoms with Crippen molar-refractivity contribution in [1.82, 2.24) is 34.1 Å². The lowest BCUT2D eigenvalue weighted by Crippen LogP contribution is -1.91. The van der Waals surface area contributed by atoms with Crippen molar-refractivity contribution < 1.29 is 4.39 Å². The molecule has 0 aliphatic carbocycles. The molecule has 0 amide bonds. The van der Waals surface area contributed by atoms with Crippen LogP contribution in [0.3, 0.4) is 0 Å². The van der Waals surface area contributed by atoms with Gasteiger partial charge in [0.15, 0.2) is 0 Å². The van der Waals surface area contributed by atoms with Crippen molar-refractivity contribution in [2.45, 2.75) is 0 Å². The molecule has 0 radical (unpaired) electrons. The molecule has 122 valence electrons. The Labute approximate surface area is 140 Å². The van der Waals surface area contributed by atoms with Gasteiger partial charge in [0.2, 0.25) is 5.95 Å². The zero-order valence-corrected chi connectivity index (χ0v) is 13.2. The topological polar surface area (TPSA) is 76.7 Å². The number of aryl methyl sites for hydroxylation is 1. The molecule has 5 heterocycles. The Balaban J connectivity index is 1.79. The molecule has 0 atom stereocenters. The van der Waals surface area contributed by atoms with E-state index < -0.39 is 5.95 Å². The summed E-state index contributed by atoms with van der Waals surface area (Å²) in [7, 11) is 1.86. The van der Waals surface area contributed by atoms with Gasteiger partial charge in [0.25, 0.3) is 0 Å². The number of hydrogen-bond acceptors (Lipinski definition) is 4. The van der Waals surface area contributed by atoms with E-state index in [2.05, 4.69) is 25.0 Å². The molecule has 0 aliphatic rings. The lowest BCUT2D eigenvalue weighted by Gasteiger charge is -2.04. The number of pyridine rings is 1. The van der Waals surface area contributed by atoms with Crippen LogP contribution in [0.15, 0.2) is 49.4 Å². The Bertz CT molecular complexity index is 1230. The maximum atomic E-state index is 13.9. The van der Waals surface area contributed by atoms with Gasteiger partial charge in [0.1, 0.15) is 17.6 Å². The fourth-order valence-electron chi connectivity index (χ4n) is 3.06. The predicted molar refractivity (Wildman–Crippen MR) is 90.2 cm³/mol. The minimum absolute atomic E-state index is 0.402. The van der Waals surface area contributed by atoms with E-state index in [1.807, 2.05) is 25.5 Å². The zero-order chi connectivity index (χ0) is 17.0. The standard InChI is InChI=1S/C17H12FN7/c1-24-7-11(4-23-24)16-15-12(5-20-17(15)22-9-21-16)10-2-3-14-19-6-13(18)25(14)8-10/h2-9H,1H3,(H,20,21,22). The first-order chi connectivity index (χ1) is 12.2. The minimum Gasteiger partial charge on any atom is -0.345 e. The Kier molecular flexibility index (Phi) is 2.75. The lowest BCUT2D eigenvalue weighted by molar-refractivity contribution is 0.573. The van der Waals surface area contributed by atoms with E-state index in [1.54, 1.807) is 23.1 Å². The van der Waals surface area contributed by atoms with Gasteiger partial charge in [-0.15, -0.1) is 0 Å². The Morgan fingerprint density at radius 1 is 1.04 bits per heavy atom. The number of fused-ring (bicyclic) bond motifs is 2. The van der Waals surface area contributed by atoms with E-state index in [0.717, 1.165) is 33.4 Å². The van der Waals surface area contributed by atoms with E-state index in [9.17, 15) is 4.39 Å². The highest BCUT2D eigenvalue weighted by molar-refractivity contribution is 6.02. The van der Waals surface area contributed by atoms with Crippen LogP contribution in [-0.4, -0.2) is 34.1 Å². The van der Waals surface area contributed by atoms with Crippen molar-refractivity contribution in [2.75, 3.05) is 0 Å². The highest BCUT2D eigenvalue weighted by Gasteiger charge is 2.16. The first-order valence-corrected chi connectivity index (χ1v) is 7.65. The summed E-state index contributed by atoms with van der Waals surface area (Å²) in [6, 6.07) is 3.69. The summed E-state index contributed by atoms with van der Waals surface area (Å²) in [5, 5.41) is 5.09. The summed E-state index contributed by atoms with van der Waals surface area (Å²) in [4.78, 5) is 15.9. The van der Waals surface area contributed by atoms with Crippen LogP contribution in [0.2, 0.25) is 0 Å². The number of imidazole rings is 1. The van der Waals surface area contributed by atoms with E-state index in [0.29, 0.717) is 5.65 Å². The van der Waals surface area contributed by atoms with Crippen LogP contribution >= 0.6 is 0 Å². The Morgan fingerprint density at radius 3 is 2.80 bits per heavy atom. The normalized spacial score (nSPS) is 11.6. The molecule has 25 heavy (non-hydrogen) atoms. The number of H-pyrrole nitrogens is 1. The van der Waals surface area contributed by atoms with Gasteiger partial charge >= 0.3 is 0 Å². The van der Waals surface area contributed by atoms with Crippen molar-refractivity contribution in [3.8, 4) is 22.4 Å². The number of aromatic amines is 1. The average molecular weight is 333 g/mol. The molecule has 0 saturated carbocycles. The second-order valence-electron chi connectivity index (χ2n) is 5.78. The number of nitrogens with zero attached hydrogens (tertiary/aromatic N) is 6. The van der Waals surface area contributed by atoms with Crippen molar-refractivity contribution in [1.29, 1.82) is 0 Å². The van der Waals surface area contributed by atoms with Crippen LogP contribution in [0.1, 0.15) is 0 Å². The lowest BCUT2D eigenvalue weighted by atomic mass is 10.0. The fourth-order valence-corrected chi connectivity index (χ4v) is 3.06. The summed E-state index contributed by atoms with van der Waals surface area (Å²) < 4.78 is 17.0. The number of aromatic nitrogens is 7. The summed E-state index contributed by atoms with van der Waals surface area (Å²) in [5.74, 6) is -0.402. The quantitative estimate of drug-likeness (QED) is 0.539. The van der Waals surface area contributed by atoms with E-state index in [1.165, 1.54) is 16.9 Å². The molecule has 5 rings (SSSR count). The number of halogens is 1. The Morgan fingerprint density at radius 2 is 1.96 bits per heavy atom. The minimum atomic E-state index is -0.402. The van der Waals surface area contributed by atoms with Crippen LogP contribution in [0.4, 0.5) is 4.39 Å². The molecule has 5 aromatic rings. The van der Waals surface area contributed by atoms with Crippen molar-refractivity contribution >= 4 is 16.7 Å². The third-order valence-corrected chi connectivity index (χ3v) is 4.22. The predicted octanol–water partition coefficient (Wildman–Crippen LogP) is 2.81. The number of nitrogens with one attached hydrogen (secondary N) is 1. The highest BCUT2D eigenvalue weighted by atomic mass is 19.1. The van der Waals surface area contributed by atoms with E-state index >= 15 is 0 Å². The van der Waals surface area contributed by atoms with Crippen LogP contribution < -0.4 is 0 Å². The van der Waals surface area contributed by atoms with Crippen LogP contribution in [0.5, 0.6) is 0 Å². The maximum Gasteiger partial charge on any atom is 0.217 e. The molecule has 0 unspecified atom stereocenters. The van der Waals surface area contributed by atoms with Crippen molar-refractivity contribution in [2.24, 2.45) is 7.05 Å². The van der Waals surface area contributed by atoms with E-state index in [-0.39, 0.29) is 0 Å². The van der Waals surface area contributed by atoms with Gasteiger partial charge in [-0.1, -0.05) is 0 Å². The summed E-state index contributed by atoms with van der Waals surface area (Å²) >= 11 is 0. The average Bonchev–Trinajstić information content (AvgIpc) is 3.33.